The first-order valence-electron chi connectivity index (χ1n) is 13.4. The van der Waals surface area contributed by atoms with Crippen molar-refractivity contribution in [2.45, 2.75) is 70.5 Å². The first kappa shape index (κ1) is 24.6. The zero-order chi connectivity index (χ0) is 25.1. The van der Waals surface area contributed by atoms with Crippen LogP contribution in [0.2, 0.25) is 0 Å². The van der Waals surface area contributed by atoms with E-state index in [0.29, 0.717) is 18.0 Å². The minimum atomic E-state index is -0.0276. The van der Waals surface area contributed by atoms with Crippen LogP contribution in [0.5, 0.6) is 5.75 Å². The number of likely N-dealkylation sites (tertiary alicyclic amines) is 2. The molecule has 2 fully saturated rings. The summed E-state index contributed by atoms with van der Waals surface area (Å²) >= 11 is 0. The number of nitrogens with zero attached hydrogens (tertiary/aromatic N) is 3. The summed E-state index contributed by atoms with van der Waals surface area (Å²) in [4.78, 5) is 22.4. The number of fused-ring (bicyclic) bond motifs is 1. The highest BCUT2D eigenvalue weighted by atomic mass is 16.5. The zero-order valence-corrected chi connectivity index (χ0v) is 21.7. The van der Waals surface area contributed by atoms with Gasteiger partial charge >= 0.3 is 6.03 Å². The number of anilines is 1. The Balaban J connectivity index is 1.18. The van der Waals surface area contributed by atoms with Crippen molar-refractivity contribution in [3.63, 3.8) is 0 Å². The van der Waals surface area contributed by atoms with Crippen LogP contribution < -0.4 is 10.1 Å². The van der Waals surface area contributed by atoms with Gasteiger partial charge < -0.3 is 15.0 Å². The summed E-state index contributed by atoms with van der Waals surface area (Å²) in [6.45, 7) is 7.06. The molecule has 0 bridgehead atoms. The molecule has 1 N–H and O–H groups in total. The van der Waals surface area contributed by atoms with Gasteiger partial charge in [0.05, 0.1) is 18.3 Å². The molecule has 2 aliphatic heterocycles. The molecule has 2 unspecified atom stereocenters. The van der Waals surface area contributed by atoms with Gasteiger partial charge in [0.15, 0.2) is 0 Å². The fourth-order valence-corrected chi connectivity index (χ4v) is 5.80. The number of rotatable bonds is 5. The SMILES string of the molecule is COc1ccc(C2CCN(C(=O)Nc3ccc4nc(CN5C(C)CCCC5C)ccc4c3)CC2)cc1. The number of nitrogens with one attached hydrogen (secondary N) is 1. The molecule has 3 aromatic rings. The number of piperidine rings is 2. The molecule has 0 saturated carbocycles. The lowest BCUT2D eigenvalue weighted by Crippen LogP contribution is -2.43. The van der Waals surface area contributed by atoms with Gasteiger partial charge in [-0.1, -0.05) is 24.6 Å². The Labute approximate surface area is 214 Å². The maximum Gasteiger partial charge on any atom is 0.321 e. The summed E-state index contributed by atoms with van der Waals surface area (Å²) in [6.07, 6.45) is 5.79. The highest BCUT2D eigenvalue weighted by Gasteiger charge is 2.25. The van der Waals surface area contributed by atoms with Crippen LogP contribution in [0.4, 0.5) is 10.5 Å². The number of amides is 2. The van der Waals surface area contributed by atoms with Crippen LogP contribution in [0.25, 0.3) is 10.9 Å². The van der Waals surface area contributed by atoms with Crippen LogP contribution in [0, 0.1) is 0 Å². The summed E-state index contributed by atoms with van der Waals surface area (Å²) in [7, 11) is 1.69. The van der Waals surface area contributed by atoms with E-state index in [1.165, 1.54) is 24.8 Å². The third kappa shape index (κ3) is 5.49. The molecule has 6 heteroatoms. The highest BCUT2D eigenvalue weighted by Crippen LogP contribution is 2.30. The summed E-state index contributed by atoms with van der Waals surface area (Å²) in [5, 5.41) is 4.15. The lowest BCUT2D eigenvalue weighted by atomic mass is 9.89. The van der Waals surface area contributed by atoms with Gasteiger partial charge in [-0.2, -0.15) is 0 Å². The summed E-state index contributed by atoms with van der Waals surface area (Å²) in [5.74, 6) is 1.36. The number of hydrogen-bond donors (Lipinski definition) is 1. The Hall–Kier alpha value is -3.12. The highest BCUT2D eigenvalue weighted by molar-refractivity contribution is 5.92. The van der Waals surface area contributed by atoms with E-state index in [9.17, 15) is 4.79 Å². The summed E-state index contributed by atoms with van der Waals surface area (Å²) < 4.78 is 5.27. The monoisotopic (exact) mass is 486 g/mol. The molecule has 5 rings (SSSR count). The van der Waals surface area contributed by atoms with Crippen molar-refractivity contribution < 1.29 is 9.53 Å². The van der Waals surface area contributed by atoms with Gasteiger partial charge in [0.25, 0.3) is 0 Å². The van der Waals surface area contributed by atoms with Gasteiger partial charge in [-0.3, -0.25) is 9.88 Å². The third-order valence-electron chi connectivity index (χ3n) is 8.09. The maximum absolute atomic E-state index is 12.9. The molecular weight excluding hydrogens is 448 g/mol. The average molecular weight is 487 g/mol. The molecule has 1 aromatic heterocycles. The lowest BCUT2D eigenvalue weighted by Gasteiger charge is -2.38. The topological polar surface area (TPSA) is 57.7 Å². The van der Waals surface area contributed by atoms with E-state index in [4.69, 9.17) is 9.72 Å². The molecule has 2 atom stereocenters. The molecule has 36 heavy (non-hydrogen) atoms. The van der Waals surface area contributed by atoms with Gasteiger partial charge in [0.2, 0.25) is 0 Å². The van der Waals surface area contributed by atoms with E-state index < -0.39 is 0 Å². The molecule has 2 amide bonds. The van der Waals surface area contributed by atoms with Crippen molar-refractivity contribution in [3.8, 4) is 5.75 Å². The first-order chi connectivity index (χ1) is 17.5. The van der Waals surface area contributed by atoms with E-state index in [2.05, 4.69) is 48.3 Å². The number of aromatic nitrogens is 1. The van der Waals surface area contributed by atoms with Crippen molar-refractivity contribution in [2.24, 2.45) is 0 Å². The Morgan fingerprint density at radius 3 is 2.39 bits per heavy atom. The van der Waals surface area contributed by atoms with Crippen LogP contribution in [0.15, 0.2) is 54.6 Å². The summed E-state index contributed by atoms with van der Waals surface area (Å²) in [5.41, 5.74) is 4.22. The van der Waals surface area contributed by atoms with Crippen LogP contribution >= 0.6 is 0 Å². The Morgan fingerprint density at radius 1 is 0.972 bits per heavy atom. The van der Waals surface area contributed by atoms with Gasteiger partial charge in [-0.05, 0) is 87.4 Å². The van der Waals surface area contributed by atoms with Crippen molar-refractivity contribution in [2.75, 3.05) is 25.5 Å². The second-order valence-corrected chi connectivity index (χ2v) is 10.5. The van der Waals surface area contributed by atoms with E-state index in [-0.39, 0.29) is 6.03 Å². The van der Waals surface area contributed by atoms with Crippen molar-refractivity contribution in [1.29, 1.82) is 0 Å². The second-order valence-electron chi connectivity index (χ2n) is 10.5. The Bertz CT molecular complexity index is 1180. The summed E-state index contributed by atoms with van der Waals surface area (Å²) in [6, 6.07) is 19.8. The second kappa shape index (κ2) is 10.9. The zero-order valence-electron chi connectivity index (χ0n) is 21.7. The lowest BCUT2D eigenvalue weighted by molar-refractivity contribution is 0.0939. The number of urea groups is 1. The number of pyridine rings is 1. The van der Waals surface area contributed by atoms with E-state index in [1.807, 2.05) is 35.2 Å². The Morgan fingerprint density at radius 2 is 1.69 bits per heavy atom. The standard InChI is InChI=1S/C30H38N4O2/c1-21-5-4-6-22(2)34(21)20-27-10-7-25-19-26(11-14-29(25)31-27)32-30(35)33-17-15-24(16-18-33)23-8-12-28(36-3)13-9-23/h7-14,19,21-22,24H,4-6,15-18,20H2,1-3H3,(H,32,35). The smallest absolute Gasteiger partial charge is 0.321 e. The van der Waals surface area contributed by atoms with Crippen LogP contribution in [0.1, 0.15) is 63.1 Å². The fourth-order valence-electron chi connectivity index (χ4n) is 5.80. The molecule has 2 aromatic carbocycles. The first-order valence-corrected chi connectivity index (χ1v) is 13.4. The minimum absolute atomic E-state index is 0.0276. The van der Waals surface area contributed by atoms with Crippen molar-refractivity contribution >= 4 is 22.6 Å². The third-order valence-corrected chi connectivity index (χ3v) is 8.09. The number of ether oxygens (including phenoxy) is 1. The molecule has 0 spiro atoms. The maximum atomic E-state index is 12.9. The Kier molecular flexibility index (Phi) is 7.42. The number of carbonyl (C=O) groups is 1. The fraction of sp³-hybridized carbons (Fsp3) is 0.467. The molecule has 190 valence electrons. The predicted molar refractivity (Wildman–Crippen MR) is 146 cm³/mol. The molecule has 0 aliphatic carbocycles. The van der Waals surface area contributed by atoms with E-state index in [0.717, 1.165) is 60.5 Å². The van der Waals surface area contributed by atoms with Crippen molar-refractivity contribution in [1.82, 2.24) is 14.8 Å². The van der Waals surface area contributed by atoms with Crippen LogP contribution in [-0.4, -0.2) is 53.1 Å². The number of hydrogen-bond acceptors (Lipinski definition) is 4. The number of methoxy groups -OCH3 is 1. The molecular formula is C30H38N4O2. The number of benzene rings is 2. The minimum Gasteiger partial charge on any atom is -0.497 e. The average Bonchev–Trinajstić information content (AvgIpc) is 2.91. The van der Waals surface area contributed by atoms with Gasteiger partial charge in [0, 0.05) is 42.8 Å². The normalized spacial score (nSPS) is 21.5. The van der Waals surface area contributed by atoms with Crippen molar-refractivity contribution in [3.05, 3.63) is 65.9 Å². The molecule has 6 nitrogen and oxygen atoms in total. The molecule has 2 saturated heterocycles. The molecule has 2 aliphatic rings. The quantitative estimate of drug-likeness (QED) is 0.452. The van der Waals surface area contributed by atoms with E-state index in [1.54, 1.807) is 7.11 Å². The van der Waals surface area contributed by atoms with Gasteiger partial charge in [0.1, 0.15) is 5.75 Å². The predicted octanol–water partition coefficient (Wildman–Crippen LogP) is 6.42. The van der Waals surface area contributed by atoms with E-state index >= 15 is 0 Å². The molecule has 3 heterocycles. The van der Waals surface area contributed by atoms with Crippen LogP contribution in [-0.2, 0) is 6.54 Å². The van der Waals surface area contributed by atoms with Gasteiger partial charge in [-0.25, -0.2) is 4.79 Å². The largest absolute Gasteiger partial charge is 0.497 e. The molecule has 0 radical (unpaired) electrons. The number of carbonyl (C=O) groups excluding carboxylic acids is 1. The van der Waals surface area contributed by atoms with Crippen LogP contribution in [0.3, 0.4) is 0 Å². The van der Waals surface area contributed by atoms with Gasteiger partial charge in [-0.15, -0.1) is 0 Å².